The molecule has 0 radical (unpaired) electrons. The molecule has 0 bridgehead atoms. The summed E-state index contributed by atoms with van der Waals surface area (Å²) in [6.07, 6.45) is 0. The van der Waals surface area contributed by atoms with Gasteiger partial charge in [0.15, 0.2) is 0 Å². The quantitative estimate of drug-likeness (QED) is 0.673. The first-order chi connectivity index (χ1) is 13.6. The van der Waals surface area contributed by atoms with E-state index in [9.17, 15) is 9.59 Å². The first kappa shape index (κ1) is 21.2. The molecule has 0 spiro atoms. The minimum atomic E-state index is -0.0682. The normalized spacial score (nSPS) is 19.4. The maximum Gasteiger partial charge on any atom is 0.232 e. The highest BCUT2D eigenvalue weighted by molar-refractivity contribution is 8.00. The van der Waals surface area contributed by atoms with Crippen LogP contribution in [0.5, 0.6) is 0 Å². The fourth-order valence-corrected chi connectivity index (χ4v) is 4.07. The van der Waals surface area contributed by atoms with E-state index in [2.05, 4.69) is 10.2 Å². The number of carbonyl (C=O) groups excluding carboxylic acids is 2. The van der Waals surface area contributed by atoms with Gasteiger partial charge in [-0.2, -0.15) is 0 Å². The van der Waals surface area contributed by atoms with Gasteiger partial charge in [0.1, 0.15) is 11.5 Å². The Balaban J connectivity index is 1.43. The predicted molar refractivity (Wildman–Crippen MR) is 106 cm³/mol. The number of rotatable bonds is 8. The zero-order valence-corrected chi connectivity index (χ0v) is 17.2. The highest BCUT2D eigenvalue weighted by Gasteiger charge is 2.25. The van der Waals surface area contributed by atoms with Crippen LogP contribution < -0.4 is 5.32 Å². The zero-order chi connectivity index (χ0) is 19.8. The topological polar surface area (TPSA) is 84.2 Å². The van der Waals surface area contributed by atoms with Gasteiger partial charge in [-0.15, -0.1) is 11.8 Å². The smallest absolute Gasteiger partial charge is 0.232 e. The monoisotopic (exact) mass is 411 g/mol. The number of furan rings is 1. The number of aryl methyl sites for hydroxylation is 1. The van der Waals surface area contributed by atoms with E-state index in [1.54, 1.807) is 4.90 Å². The third-order valence-corrected chi connectivity index (χ3v) is 5.81. The molecule has 0 aromatic carbocycles. The largest absolute Gasteiger partial charge is 0.465 e. The number of amides is 2. The van der Waals surface area contributed by atoms with Gasteiger partial charge in [-0.3, -0.25) is 14.5 Å². The minimum absolute atomic E-state index is 0.0125. The predicted octanol–water partition coefficient (Wildman–Crippen LogP) is 0.670. The first-order valence-corrected chi connectivity index (χ1v) is 10.9. The van der Waals surface area contributed by atoms with E-state index in [0.717, 1.165) is 24.6 Å². The summed E-state index contributed by atoms with van der Waals surface area (Å²) >= 11 is 1.35. The van der Waals surface area contributed by atoms with Crippen molar-refractivity contribution in [3.05, 3.63) is 23.7 Å². The molecule has 1 aromatic heterocycles. The number of ether oxygens (including phenoxy) is 2. The molecule has 3 rings (SSSR count). The average molecular weight is 412 g/mol. The van der Waals surface area contributed by atoms with E-state index in [4.69, 9.17) is 13.9 Å². The van der Waals surface area contributed by atoms with E-state index < -0.39 is 0 Å². The zero-order valence-electron chi connectivity index (χ0n) is 16.4. The van der Waals surface area contributed by atoms with Gasteiger partial charge in [0.25, 0.3) is 0 Å². The molecule has 1 atom stereocenters. The van der Waals surface area contributed by atoms with Crippen LogP contribution in [0.1, 0.15) is 17.6 Å². The van der Waals surface area contributed by atoms with Gasteiger partial charge in [-0.25, -0.2) is 0 Å². The van der Waals surface area contributed by atoms with Crippen molar-refractivity contribution in [1.82, 2.24) is 15.1 Å². The SMILES string of the molecule is Cc1ccc(C(CNC(=O)CSCC(=O)N2CCOCC2)N2CCOCC2)o1. The van der Waals surface area contributed by atoms with E-state index in [0.29, 0.717) is 51.8 Å². The summed E-state index contributed by atoms with van der Waals surface area (Å²) in [5.74, 6) is 2.30. The molecule has 2 aliphatic rings. The molecule has 2 fully saturated rings. The number of hydrogen-bond acceptors (Lipinski definition) is 7. The Labute approximate surface area is 169 Å². The Morgan fingerprint density at radius 2 is 1.75 bits per heavy atom. The second kappa shape index (κ2) is 10.8. The lowest BCUT2D eigenvalue weighted by molar-refractivity contribution is -0.132. The van der Waals surface area contributed by atoms with Crippen molar-refractivity contribution >= 4 is 23.6 Å². The Kier molecular flexibility index (Phi) is 8.20. The van der Waals surface area contributed by atoms with Crippen molar-refractivity contribution in [1.29, 1.82) is 0 Å². The van der Waals surface area contributed by atoms with Crippen LogP contribution in [-0.2, 0) is 19.1 Å². The summed E-state index contributed by atoms with van der Waals surface area (Å²) < 4.78 is 16.5. The van der Waals surface area contributed by atoms with E-state index in [1.165, 1.54) is 11.8 Å². The van der Waals surface area contributed by atoms with Crippen LogP contribution in [0.15, 0.2) is 16.5 Å². The lowest BCUT2D eigenvalue weighted by Crippen LogP contribution is -2.44. The molecule has 156 valence electrons. The van der Waals surface area contributed by atoms with Gasteiger partial charge in [0.05, 0.1) is 44.0 Å². The Morgan fingerprint density at radius 1 is 1.07 bits per heavy atom. The minimum Gasteiger partial charge on any atom is -0.465 e. The maximum atomic E-state index is 12.3. The van der Waals surface area contributed by atoms with Crippen molar-refractivity contribution in [2.24, 2.45) is 0 Å². The standard InChI is InChI=1S/C19H29N3O5S/c1-15-2-3-17(27-15)16(21-4-8-25-9-5-21)12-20-18(23)13-28-14-19(24)22-6-10-26-11-7-22/h2-3,16H,4-14H2,1H3,(H,20,23). The molecule has 1 aromatic rings. The molecular formula is C19H29N3O5S. The van der Waals surface area contributed by atoms with E-state index in [1.807, 2.05) is 19.1 Å². The lowest BCUT2D eigenvalue weighted by Gasteiger charge is -2.33. The first-order valence-electron chi connectivity index (χ1n) is 9.71. The average Bonchev–Trinajstić information content (AvgIpc) is 3.15. The molecular weight excluding hydrogens is 382 g/mol. The maximum absolute atomic E-state index is 12.3. The number of thioether (sulfide) groups is 1. The fourth-order valence-electron chi connectivity index (χ4n) is 3.33. The molecule has 0 aliphatic carbocycles. The third-order valence-electron chi connectivity index (χ3n) is 4.89. The van der Waals surface area contributed by atoms with Crippen LogP contribution in [0.4, 0.5) is 0 Å². The third kappa shape index (κ3) is 6.23. The molecule has 2 saturated heterocycles. The van der Waals surface area contributed by atoms with Crippen LogP contribution in [0.3, 0.4) is 0 Å². The van der Waals surface area contributed by atoms with Crippen LogP contribution in [0, 0.1) is 6.92 Å². The van der Waals surface area contributed by atoms with Gasteiger partial charge < -0.3 is 24.1 Å². The van der Waals surface area contributed by atoms with E-state index >= 15 is 0 Å². The number of nitrogens with one attached hydrogen (secondary N) is 1. The number of hydrogen-bond donors (Lipinski definition) is 1. The second-order valence-corrected chi connectivity index (χ2v) is 7.89. The Morgan fingerprint density at radius 3 is 2.39 bits per heavy atom. The molecule has 8 nitrogen and oxygen atoms in total. The number of carbonyl (C=O) groups is 2. The molecule has 1 unspecified atom stereocenters. The van der Waals surface area contributed by atoms with Crippen molar-refractivity contribution in [3.8, 4) is 0 Å². The Hall–Kier alpha value is -1.55. The summed E-state index contributed by atoms with van der Waals surface area (Å²) in [4.78, 5) is 28.5. The van der Waals surface area contributed by atoms with Crippen molar-refractivity contribution in [2.75, 3.05) is 70.7 Å². The van der Waals surface area contributed by atoms with Gasteiger partial charge in [-0.05, 0) is 19.1 Å². The van der Waals surface area contributed by atoms with Crippen LogP contribution in [0.2, 0.25) is 0 Å². The number of nitrogens with zero attached hydrogens (tertiary/aromatic N) is 2. The summed E-state index contributed by atoms with van der Waals surface area (Å²) in [7, 11) is 0. The van der Waals surface area contributed by atoms with Crippen LogP contribution in [-0.4, -0.2) is 92.3 Å². The molecule has 1 N–H and O–H groups in total. The van der Waals surface area contributed by atoms with E-state index in [-0.39, 0.29) is 23.6 Å². The van der Waals surface area contributed by atoms with Gasteiger partial charge in [0.2, 0.25) is 11.8 Å². The highest BCUT2D eigenvalue weighted by Crippen LogP contribution is 2.23. The van der Waals surface area contributed by atoms with Crippen molar-refractivity contribution in [2.45, 2.75) is 13.0 Å². The summed E-state index contributed by atoms with van der Waals surface area (Å²) in [5.41, 5.74) is 0. The van der Waals surface area contributed by atoms with Gasteiger partial charge in [0, 0.05) is 32.7 Å². The van der Waals surface area contributed by atoms with Gasteiger partial charge in [-0.1, -0.05) is 0 Å². The molecule has 0 saturated carbocycles. The molecule has 2 amide bonds. The summed E-state index contributed by atoms with van der Waals surface area (Å²) in [5, 5.41) is 2.99. The van der Waals surface area contributed by atoms with Crippen LogP contribution >= 0.6 is 11.8 Å². The summed E-state index contributed by atoms with van der Waals surface area (Å²) in [6, 6.07) is 3.90. The molecule has 9 heteroatoms. The highest BCUT2D eigenvalue weighted by atomic mass is 32.2. The lowest BCUT2D eigenvalue weighted by atomic mass is 10.1. The van der Waals surface area contributed by atoms with Gasteiger partial charge >= 0.3 is 0 Å². The number of morpholine rings is 2. The molecule has 2 aliphatic heterocycles. The second-order valence-electron chi connectivity index (χ2n) is 6.90. The van der Waals surface area contributed by atoms with Crippen molar-refractivity contribution < 1.29 is 23.5 Å². The fraction of sp³-hybridized carbons (Fsp3) is 0.684. The molecule has 3 heterocycles. The summed E-state index contributed by atoms with van der Waals surface area (Å²) in [6.45, 7) is 7.83. The molecule has 28 heavy (non-hydrogen) atoms. The van der Waals surface area contributed by atoms with Crippen LogP contribution in [0.25, 0.3) is 0 Å². The van der Waals surface area contributed by atoms with Crippen molar-refractivity contribution in [3.63, 3.8) is 0 Å². The Bertz CT molecular complexity index is 641.